The molecule has 0 fully saturated rings. The van der Waals surface area contributed by atoms with Gasteiger partial charge >= 0.3 is 5.97 Å². The first-order valence-corrected chi connectivity index (χ1v) is 8.94. The minimum absolute atomic E-state index is 0.381. The van der Waals surface area contributed by atoms with Gasteiger partial charge in [0.15, 0.2) is 6.61 Å². The molecule has 130 valence electrons. The number of amides is 1. The lowest BCUT2D eigenvalue weighted by Gasteiger charge is -2.17. The number of fused-ring (bicyclic) bond motifs is 1. The third kappa shape index (κ3) is 3.59. The normalized spacial score (nSPS) is 16.0. The Balaban J connectivity index is 1.65. The topological polar surface area (TPSA) is 84.1 Å². The van der Waals surface area contributed by atoms with Gasteiger partial charge in [0.05, 0.1) is 5.56 Å². The maximum absolute atomic E-state index is 12.1. The summed E-state index contributed by atoms with van der Waals surface area (Å²) >= 11 is 1.45. The van der Waals surface area contributed by atoms with Gasteiger partial charge in [-0.1, -0.05) is 6.92 Å². The van der Waals surface area contributed by atoms with Gasteiger partial charge in [0.2, 0.25) is 0 Å². The average molecular weight is 357 g/mol. The van der Waals surface area contributed by atoms with E-state index in [2.05, 4.69) is 18.3 Å². The van der Waals surface area contributed by atoms with Crippen LogP contribution in [0.2, 0.25) is 0 Å². The van der Waals surface area contributed by atoms with Crippen molar-refractivity contribution in [1.82, 2.24) is 4.57 Å². The van der Waals surface area contributed by atoms with E-state index in [9.17, 15) is 14.9 Å². The molecule has 0 spiro atoms. The fourth-order valence-electron chi connectivity index (χ4n) is 3.00. The fourth-order valence-corrected chi connectivity index (χ4v) is 4.38. The SMILES string of the molecule is CC1CCc2c(sc(NC(=O)COC(=O)c3cccn3C)c2C#N)C1. The zero-order valence-corrected chi connectivity index (χ0v) is 15.0. The van der Waals surface area contributed by atoms with Crippen molar-refractivity contribution in [2.24, 2.45) is 13.0 Å². The van der Waals surface area contributed by atoms with Crippen LogP contribution < -0.4 is 5.32 Å². The molecule has 2 aromatic heterocycles. The molecule has 25 heavy (non-hydrogen) atoms. The van der Waals surface area contributed by atoms with Crippen molar-refractivity contribution in [2.75, 3.05) is 11.9 Å². The third-order valence-corrected chi connectivity index (χ3v) is 5.53. The second-order valence-corrected chi connectivity index (χ2v) is 7.40. The summed E-state index contributed by atoms with van der Waals surface area (Å²) in [5, 5.41) is 12.7. The summed E-state index contributed by atoms with van der Waals surface area (Å²) in [4.78, 5) is 25.2. The molecule has 2 aromatic rings. The van der Waals surface area contributed by atoms with Crippen LogP contribution in [0.1, 0.15) is 39.8 Å². The summed E-state index contributed by atoms with van der Waals surface area (Å²) in [6.45, 7) is 1.81. The highest BCUT2D eigenvalue weighted by molar-refractivity contribution is 7.16. The molecular weight excluding hydrogens is 338 g/mol. The predicted molar refractivity (Wildman–Crippen MR) is 94.5 cm³/mol. The van der Waals surface area contributed by atoms with Crippen LogP contribution >= 0.6 is 11.3 Å². The van der Waals surface area contributed by atoms with Gasteiger partial charge in [-0.25, -0.2) is 4.79 Å². The highest BCUT2D eigenvalue weighted by Gasteiger charge is 2.25. The quantitative estimate of drug-likeness (QED) is 0.853. The van der Waals surface area contributed by atoms with E-state index < -0.39 is 11.9 Å². The minimum atomic E-state index is -0.553. The molecule has 0 bridgehead atoms. The third-order valence-electron chi connectivity index (χ3n) is 4.36. The van der Waals surface area contributed by atoms with Gasteiger partial charge in [-0.05, 0) is 42.9 Å². The summed E-state index contributed by atoms with van der Waals surface area (Å²) in [7, 11) is 1.73. The molecule has 1 unspecified atom stereocenters. The molecule has 2 heterocycles. The van der Waals surface area contributed by atoms with Crippen molar-refractivity contribution in [3.63, 3.8) is 0 Å². The van der Waals surface area contributed by atoms with Gasteiger partial charge in [-0.15, -0.1) is 11.3 Å². The minimum Gasteiger partial charge on any atom is -0.451 e. The lowest BCUT2D eigenvalue weighted by Crippen LogP contribution is -2.21. The summed E-state index contributed by atoms with van der Waals surface area (Å²) in [5.74, 6) is -0.402. The average Bonchev–Trinajstić information content (AvgIpc) is 3.15. The van der Waals surface area contributed by atoms with Crippen LogP contribution in [0, 0.1) is 17.2 Å². The first-order chi connectivity index (χ1) is 12.0. The molecule has 0 saturated carbocycles. The van der Waals surface area contributed by atoms with Crippen molar-refractivity contribution >= 4 is 28.2 Å². The lowest BCUT2D eigenvalue weighted by atomic mass is 9.89. The summed E-state index contributed by atoms with van der Waals surface area (Å²) in [5.41, 5.74) is 1.99. The molecule has 1 amide bonds. The number of anilines is 1. The van der Waals surface area contributed by atoms with E-state index in [0.717, 1.165) is 24.8 Å². The first kappa shape index (κ1) is 17.2. The van der Waals surface area contributed by atoms with E-state index >= 15 is 0 Å². The predicted octanol–water partition coefficient (Wildman–Crippen LogP) is 2.88. The molecule has 0 aromatic carbocycles. The van der Waals surface area contributed by atoms with Crippen molar-refractivity contribution < 1.29 is 14.3 Å². The molecule has 1 atom stereocenters. The molecular formula is C18H19N3O3S. The Morgan fingerprint density at radius 2 is 2.32 bits per heavy atom. The van der Waals surface area contributed by atoms with Crippen LogP contribution in [0.4, 0.5) is 5.00 Å². The Hall–Kier alpha value is -2.59. The van der Waals surface area contributed by atoms with E-state index in [1.807, 2.05) is 0 Å². The molecule has 1 N–H and O–H groups in total. The van der Waals surface area contributed by atoms with Crippen LogP contribution in [-0.2, 0) is 29.4 Å². The first-order valence-electron chi connectivity index (χ1n) is 8.12. The summed E-state index contributed by atoms with van der Waals surface area (Å²) < 4.78 is 6.67. The van der Waals surface area contributed by atoms with Crippen LogP contribution in [-0.4, -0.2) is 23.1 Å². The van der Waals surface area contributed by atoms with Gasteiger partial charge < -0.3 is 14.6 Å². The van der Waals surface area contributed by atoms with Crippen LogP contribution in [0.25, 0.3) is 0 Å². The van der Waals surface area contributed by atoms with E-state index in [0.29, 0.717) is 22.2 Å². The number of hydrogen-bond acceptors (Lipinski definition) is 5. The molecule has 1 aliphatic rings. The molecule has 3 rings (SSSR count). The van der Waals surface area contributed by atoms with Gasteiger partial charge in [0.1, 0.15) is 16.8 Å². The largest absolute Gasteiger partial charge is 0.451 e. The Labute approximate surface area is 150 Å². The molecule has 1 aliphatic carbocycles. The van der Waals surface area contributed by atoms with Gasteiger partial charge in [0, 0.05) is 18.1 Å². The number of carbonyl (C=O) groups is 2. The standard InChI is InChI=1S/C18H19N3O3S/c1-11-5-6-12-13(9-19)17(25-15(12)8-11)20-16(22)10-24-18(23)14-4-3-7-21(14)2/h3-4,7,11H,5-6,8,10H2,1-2H3,(H,20,22). The number of hydrogen-bond donors (Lipinski definition) is 1. The number of esters is 1. The number of nitrogens with one attached hydrogen (secondary N) is 1. The highest BCUT2D eigenvalue weighted by Crippen LogP contribution is 2.39. The number of aryl methyl sites for hydroxylation is 1. The molecule has 0 saturated heterocycles. The zero-order valence-electron chi connectivity index (χ0n) is 14.2. The van der Waals surface area contributed by atoms with Gasteiger partial charge in [-0.3, -0.25) is 4.79 Å². The number of nitrogens with zero attached hydrogens (tertiary/aromatic N) is 2. The Morgan fingerprint density at radius 1 is 1.52 bits per heavy atom. The van der Waals surface area contributed by atoms with E-state index in [4.69, 9.17) is 4.74 Å². The Kier molecular flexibility index (Phi) is 4.91. The molecule has 6 nitrogen and oxygen atoms in total. The van der Waals surface area contributed by atoms with Gasteiger partial charge in [-0.2, -0.15) is 5.26 Å². The van der Waals surface area contributed by atoms with Crippen molar-refractivity contribution in [2.45, 2.75) is 26.2 Å². The smallest absolute Gasteiger partial charge is 0.355 e. The maximum atomic E-state index is 12.1. The number of rotatable bonds is 4. The Morgan fingerprint density at radius 3 is 3.00 bits per heavy atom. The number of carbonyl (C=O) groups excluding carboxylic acids is 2. The maximum Gasteiger partial charge on any atom is 0.355 e. The molecule has 0 radical (unpaired) electrons. The molecule has 0 aliphatic heterocycles. The Bertz CT molecular complexity index is 860. The van der Waals surface area contributed by atoms with E-state index in [1.165, 1.54) is 16.2 Å². The van der Waals surface area contributed by atoms with Crippen molar-refractivity contribution in [3.05, 3.63) is 40.0 Å². The number of nitriles is 1. The summed E-state index contributed by atoms with van der Waals surface area (Å²) in [6.07, 6.45) is 4.59. The lowest BCUT2D eigenvalue weighted by molar-refractivity contribution is -0.119. The highest BCUT2D eigenvalue weighted by atomic mass is 32.1. The monoisotopic (exact) mass is 357 g/mol. The second-order valence-electron chi connectivity index (χ2n) is 6.30. The molecule has 7 heteroatoms. The van der Waals surface area contributed by atoms with Crippen molar-refractivity contribution in [3.8, 4) is 6.07 Å². The zero-order chi connectivity index (χ0) is 18.0. The number of thiophene rings is 1. The van der Waals surface area contributed by atoms with Crippen LogP contribution in [0.15, 0.2) is 18.3 Å². The fraction of sp³-hybridized carbons (Fsp3) is 0.389. The second kappa shape index (κ2) is 7.11. The van der Waals surface area contributed by atoms with Crippen molar-refractivity contribution in [1.29, 1.82) is 5.26 Å². The van der Waals surface area contributed by atoms with E-state index in [1.54, 1.807) is 29.9 Å². The number of aromatic nitrogens is 1. The van der Waals surface area contributed by atoms with Crippen LogP contribution in [0.3, 0.4) is 0 Å². The van der Waals surface area contributed by atoms with E-state index in [-0.39, 0.29) is 6.61 Å². The van der Waals surface area contributed by atoms with Crippen LogP contribution in [0.5, 0.6) is 0 Å². The van der Waals surface area contributed by atoms with Gasteiger partial charge in [0.25, 0.3) is 5.91 Å². The number of ether oxygens (including phenoxy) is 1. The summed E-state index contributed by atoms with van der Waals surface area (Å²) in [6, 6.07) is 5.56.